The number of fused-ring (bicyclic) bond motifs is 2. The molecule has 0 unspecified atom stereocenters. The van der Waals surface area contributed by atoms with Crippen LogP contribution in [0.2, 0.25) is 0 Å². The number of hydrogen-bond donors (Lipinski definition) is 2. The second-order valence-corrected chi connectivity index (χ2v) is 7.76. The quantitative estimate of drug-likeness (QED) is 0.271. The second-order valence-electron chi connectivity index (χ2n) is 7.76. The normalized spacial score (nSPS) is 14.3. The highest BCUT2D eigenvalue weighted by Gasteiger charge is 2.36. The molecule has 4 amide bonds. The van der Waals surface area contributed by atoms with Crippen molar-refractivity contribution in [2.24, 2.45) is 0 Å². The van der Waals surface area contributed by atoms with Crippen LogP contribution >= 0.6 is 0 Å². The van der Waals surface area contributed by atoms with E-state index in [4.69, 9.17) is 19.7 Å². The fourth-order valence-corrected chi connectivity index (χ4v) is 3.88. The number of nitrogens with zero attached hydrogens (tertiary/aromatic N) is 2. The third-order valence-corrected chi connectivity index (χ3v) is 5.61. The lowest BCUT2D eigenvalue weighted by atomic mass is 10.1. The standard InChI is InChI=1S/C24H20N2O10/c27-7-5-25-19(29)15-3-1-13(11-17(15)21(25)31)23(33)35-9-10-36-24(34)14-2-4-16-18(12-14)22(32)26(6-8-28)20(16)30/h1-4,11-12,27-28H,5-10H2. The van der Waals surface area contributed by atoms with Crippen LogP contribution in [0.15, 0.2) is 36.4 Å². The molecule has 2 aromatic carbocycles. The minimum absolute atomic E-state index is 0.0151. The third-order valence-electron chi connectivity index (χ3n) is 5.61. The first kappa shape index (κ1) is 24.7. The van der Waals surface area contributed by atoms with Crippen LogP contribution in [-0.4, -0.2) is 95.1 Å². The second kappa shape index (κ2) is 10.1. The van der Waals surface area contributed by atoms with E-state index < -0.39 is 35.6 Å². The highest BCUT2D eigenvalue weighted by Crippen LogP contribution is 2.25. The molecule has 0 bridgehead atoms. The van der Waals surface area contributed by atoms with E-state index in [-0.39, 0.29) is 72.9 Å². The number of benzene rings is 2. The molecule has 2 N–H and O–H groups in total. The molecule has 0 saturated carbocycles. The summed E-state index contributed by atoms with van der Waals surface area (Å²) in [4.78, 5) is 75.5. The van der Waals surface area contributed by atoms with Gasteiger partial charge < -0.3 is 19.7 Å². The summed E-state index contributed by atoms with van der Waals surface area (Å²) < 4.78 is 10.1. The molecule has 0 atom stereocenters. The number of carbonyl (C=O) groups excluding carboxylic acids is 6. The molecular formula is C24H20N2O10. The zero-order valence-electron chi connectivity index (χ0n) is 18.8. The number of rotatable bonds is 9. The summed E-state index contributed by atoms with van der Waals surface area (Å²) in [5.74, 6) is -3.98. The Hall–Kier alpha value is -4.42. The zero-order valence-corrected chi connectivity index (χ0v) is 18.8. The first-order chi connectivity index (χ1) is 17.3. The van der Waals surface area contributed by atoms with Crippen molar-refractivity contribution in [2.45, 2.75) is 0 Å². The average Bonchev–Trinajstić information content (AvgIpc) is 3.26. The van der Waals surface area contributed by atoms with E-state index in [1.54, 1.807) is 0 Å². The lowest BCUT2D eigenvalue weighted by Crippen LogP contribution is -2.32. The van der Waals surface area contributed by atoms with Crippen molar-refractivity contribution in [3.63, 3.8) is 0 Å². The summed E-state index contributed by atoms with van der Waals surface area (Å²) in [7, 11) is 0. The number of amides is 4. The van der Waals surface area contributed by atoms with E-state index >= 15 is 0 Å². The Bertz CT molecular complexity index is 1200. The predicted octanol–water partition coefficient (Wildman–Crippen LogP) is -0.123. The number of ether oxygens (including phenoxy) is 2. The van der Waals surface area contributed by atoms with Crippen LogP contribution in [-0.2, 0) is 9.47 Å². The van der Waals surface area contributed by atoms with Crippen molar-refractivity contribution in [3.05, 3.63) is 69.8 Å². The van der Waals surface area contributed by atoms with Crippen molar-refractivity contribution in [1.29, 1.82) is 0 Å². The maximum absolute atomic E-state index is 12.3. The van der Waals surface area contributed by atoms with Gasteiger partial charge in [0.15, 0.2) is 0 Å². The molecular weight excluding hydrogens is 476 g/mol. The molecule has 12 nitrogen and oxygen atoms in total. The Morgan fingerprint density at radius 3 is 1.33 bits per heavy atom. The Morgan fingerprint density at radius 1 is 0.611 bits per heavy atom. The smallest absolute Gasteiger partial charge is 0.338 e. The van der Waals surface area contributed by atoms with Gasteiger partial charge in [-0.15, -0.1) is 0 Å². The molecule has 0 aliphatic carbocycles. The zero-order chi connectivity index (χ0) is 26.0. The van der Waals surface area contributed by atoms with E-state index in [2.05, 4.69) is 0 Å². The largest absolute Gasteiger partial charge is 0.458 e. The van der Waals surface area contributed by atoms with E-state index in [9.17, 15) is 28.8 Å². The third kappa shape index (κ3) is 4.34. The number of aliphatic hydroxyl groups is 2. The first-order valence-electron chi connectivity index (χ1n) is 10.8. The van der Waals surface area contributed by atoms with Gasteiger partial charge in [-0.2, -0.15) is 0 Å². The van der Waals surface area contributed by atoms with Gasteiger partial charge in [0.05, 0.1) is 59.7 Å². The van der Waals surface area contributed by atoms with Gasteiger partial charge in [0.25, 0.3) is 23.6 Å². The number of aliphatic hydroxyl groups excluding tert-OH is 2. The molecule has 12 heteroatoms. The maximum atomic E-state index is 12.3. The lowest BCUT2D eigenvalue weighted by Gasteiger charge is -2.10. The van der Waals surface area contributed by atoms with Gasteiger partial charge in [0.2, 0.25) is 0 Å². The molecule has 36 heavy (non-hydrogen) atoms. The van der Waals surface area contributed by atoms with Gasteiger partial charge in [-0.1, -0.05) is 0 Å². The summed E-state index contributed by atoms with van der Waals surface area (Å²) >= 11 is 0. The summed E-state index contributed by atoms with van der Waals surface area (Å²) in [6, 6.07) is 7.75. The van der Waals surface area contributed by atoms with Crippen LogP contribution in [0.5, 0.6) is 0 Å². The number of carbonyl (C=O) groups is 6. The van der Waals surface area contributed by atoms with Crippen molar-refractivity contribution in [1.82, 2.24) is 9.80 Å². The van der Waals surface area contributed by atoms with Crippen LogP contribution in [0, 0.1) is 0 Å². The summed E-state index contributed by atoms with van der Waals surface area (Å²) in [6.07, 6.45) is 0. The predicted molar refractivity (Wildman–Crippen MR) is 118 cm³/mol. The summed E-state index contributed by atoms with van der Waals surface area (Å²) in [6.45, 7) is -1.71. The number of hydrogen-bond acceptors (Lipinski definition) is 10. The van der Waals surface area contributed by atoms with Gasteiger partial charge in [-0.3, -0.25) is 29.0 Å². The fraction of sp³-hybridized carbons (Fsp3) is 0.250. The van der Waals surface area contributed by atoms with Crippen LogP contribution < -0.4 is 0 Å². The van der Waals surface area contributed by atoms with Gasteiger partial charge in [0.1, 0.15) is 13.2 Å². The Labute approximate surface area is 203 Å². The molecule has 2 heterocycles. The molecule has 0 saturated heterocycles. The van der Waals surface area contributed by atoms with Crippen LogP contribution in [0.4, 0.5) is 0 Å². The molecule has 0 aromatic heterocycles. The molecule has 2 aliphatic heterocycles. The average molecular weight is 496 g/mol. The molecule has 4 rings (SSSR count). The van der Waals surface area contributed by atoms with Gasteiger partial charge in [-0.05, 0) is 36.4 Å². The van der Waals surface area contributed by atoms with E-state index in [1.807, 2.05) is 0 Å². The van der Waals surface area contributed by atoms with Crippen molar-refractivity contribution < 1.29 is 48.5 Å². The molecule has 2 aliphatic rings. The summed E-state index contributed by atoms with van der Waals surface area (Å²) in [5.41, 5.74) is 0.316. The van der Waals surface area contributed by atoms with E-state index in [1.165, 1.54) is 36.4 Å². The van der Waals surface area contributed by atoms with Crippen LogP contribution in [0.25, 0.3) is 0 Å². The molecule has 186 valence electrons. The first-order valence-corrected chi connectivity index (χ1v) is 10.8. The minimum atomic E-state index is -0.805. The molecule has 2 aromatic rings. The van der Waals surface area contributed by atoms with Crippen LogP contribution in [0.3, 0.4) is 0 Å². The van der Waals surface area contributed by atoms with Crippen LogP contribution in [0.1, 0.15) is 62.1 Å². The lowest BCUT2D eigenvalue weighted by molar-refractivity contribution is 0.0265. The highest BCUT2D eigenvalue weighted by atomic mass is 16.6. The van der Waals surface area contributed by atoms with Gasteiger partial charge in [-0.25, -0.2) is 9.59 Å². The van der Waals surface area contributed by atoms with Crippen molar-refractivity contribution in [2.75, 3.05) is 39.5 Å². The van der Waals surface area contributed by atoms with E-state index in [0.717, 1.165) is 9.80 Å². The Balaban J connectivity index is 1.32. The topological polar surface area (TPSA) is 168 Å². The van der Waals surface area contributed by atoms with Gasteiger partial charge >= 0.3 is 11.9 Å². The number of imide groups is 2. The van der Waals surface area contributed by atoms with Crippen molar-refractivity contribution >= 4 is 35.6 Å². The molecule has 0 spiro atoms. The summed E-state index contributed by atoms with van der Waals surface area (Å²) in [5, 5.41) is 18.0. The Morgan fingerprint density at radius 2 is 0.972 bits per heavy atom. The monoisotopic (exact) mass is 496 g/mol. The molecule has 0 fully saturated rings. The van der Waals surface area contributed by atoms with E-state index in [0.29, 0.717) is 0 Å². The maximum Gasteiger partial charge on any atom is 0.338 e. The SMILES string of the molecule is O=C(OCCOC(=O)c1ccc2c(c1)C(=O)N(CCO)C2=O)c1ccc2c(c1)C(=O)N(CCO)C2=O. The minimum Gasteiger partial charge on any atom is -0.458 e. The number of esters is 2. The Kier molecular flexibility index (Phi) is 6.90. The molecule has 0 radical (unpaired) electrons. The fourth-order valence-electron chi connectivity index (χ4n) is 3.88. The highest BCUT2D eigenvalue weighted by molar-refractivity contribution is 6.22. The van der Waals surface area contributed by atoms with Crippen molar-refractivity contribution in [3.8, 4) is 0 Å². The number of β-amino-alcohol motifs (C(OH)–C–C–N with tert-alkyl or cyclic N) is 2. The van der Waals surface area contributed by atoms with Gasteiger partial charge in [0, 0.05) is 0 Å².